The fraction of sp³-hybridized carbons (Fsp3) is 0.238. The fourth-order valence-corrected chi connectivity index (χ4v) is 4.05. The van der Waals surface area contributed by atoms with Crippen molar-refractivity contribution in [1.29, 1.82) is 0 Å². The highest BCUT2D eigenvalue weighted by Gasteiger charge is 2.38. The van der Waals surface area contributed by atoms with Gasteiger partial charge in [-0.3, -0.25) is 14.5 Å². The number of amides is 2. The largest absolute Gasteiger partial charge is 0.465 e. The Morgan fingerprint density at radius 2 is 1.83 bits per heavy atom. The Morgan fingerprint density at radius 1 is 1.17 bits per heavy atom. The normalized spacial score (nSPS) is 17.3. The van der Waals surface area contributed by atoms with Crippen molar-refractivity contribution in [3.05, 3.63) is 59.9 Å². The molecule has 1 fully saturated rings. The highest BCUT2D eigenvalue weighted by molar-refractivity contribution is 8.15. The standard InChI is InChI=1S/C21H20FN3O4S/c1-3-25-19(27)17(12-18(26)23-15-10-6-14(22)7-11-15)30-21(25)24-16-8-4-13(5-9-16)20(28)29-2/h4-11,17H,3,12H2,1-2H3,(H,23,26)/t17-/m1/s1. The van der Waals surface area contributed by atoms with E-state index in [9.17, 15) is 18.8 Å². The number of methoxy groups -OCH3 is 1. The van der Waals surface area contributed by atoms with E-state index in [1.807, 2.05) is 6.92 Å². The Kier molecular flexibility index (Phi) is 6.83. The van der Waals surface area contributed by atoms with E-state index in [-0.39, 0.29) is 18.2 Å². The molecule has 2 amide bonds. The van der Waals surface area contributed by atoms with E-state index in [1.165, 1.54) is 48.0 Å². The summed E-state index contributed by atoms with van der Waals surface area (Å²) in [6.45, 7) is 2.25. The van der Waals surface area contributed by atoms with E-state index in [4.69, 9.17) is 0 Å². The number of anilines is 1. The molecule has 0 radical (unpaired) electrons. The van der Waals surface area contributed by atoms with E-state index >= 15 is 0 Å². The van der Waals surface area contributed by atoms with Crippen molar-refractivity contribution in [3.8, 4) is 0 Å². The molecular formula is C21H20FN3O4S. The maximum Gasteiger partial charge on any atom is 0.337 e. The molecule has 0 aliphatic carbocycles. The minimum absolute atomic E-state index is 0.0301. The summed E-state index contributed by atoms with van der Waals surface area (Å²) in [4.78, 5) is 42.6. The average Bonchev–Trinajstić information content (AvgIpc) is 3.03. The van der Waals surface area contributed by atoms with Gasteiger partial charge >= 0.3 is 5.97 Å². The van der Waals surface area contributed by atoms with E-state index in [1.54, 1.807) is 24.3 Å². The SMILES string of the molecule is CCN1C(=O)[C@@H](CC(=O)Nc2ccc(F)cc2)SC1=Nc1ccc(C(=O)OC)cc1. The lowest BCUT2D eigenvalue weighted by Crippen LogP contribution is -2.33. The summed E-state index contributed by atoms with van der Waals surface area (Å²) in [7, 11) is 1.31. The number of thioether (sulfide) groups is 1. The first-order valence-corrected chi connectivity index (χ1v) is 10.1. The zero-order valence-corrected chi connectivity index (χ0v) is 17.2. The maximum absolute atomic E-state index is 13.0. The molecule has 9 heteroatoms. The number of carbonyl (C=O) groups excluding carboxylic acids is 3. The Bertz CT molecular complexity index is 977. The number of nitrogens with one attached hydrogen (secondary N) is 1. The molecule has 3 rings (SSSR count). The summed E-state index contributed by atoms with van der Waals surface area (Å²) in [6.07, 6.45) is -0.0301. The van der Waals surface area contributed by atoms with Crippen LogP contribution >= 0.6 is 11.8 Å². The summed E-state index contributed by atoms with van der Waals surface area (Å²) in [5, 5.41) is 2.56. The number of ether oxygens (including phenoxy) is 1. The van der Waals surface area contributed by atoms with Gasteiger partial charge in [-0.15, -0.1) is 0 Å². The van der Waals surface area contributed by atoms with Crippen LogP contribution in [0.25, 0.3) is 0 Å². The molecule has 1 aliphatic heterocycles. The van der Waals surface area contributed by atoms with Crippen LogP contribution in [0.4, 0.5) is 15.8 Å². The number of hydrogen-bond acceptors (Lipinski definition) is 6. The Morgan fingerprint density at radius 3 is 2.43 bits per heavy atom. The maximum atomic E-state index is 13.0. The van der Waals surface area contributed by atoms with Gasteiger partial charge in [0.15, 0.2) is 5.17 Å². The molecule has 7 nitrogen and oxygen atoms in total. The molecule has 1 aliphatic rings. The smallest absolute Gasteiger partial charge is 0.337 e. The zero-order valence-electron chi connectivity index (χ0n) is 16.4. The molecule has 0 unspecified atom stereocenters. The van der Waals surface area contributed by atoms with E-state index < -0.39 is 17.0 Å². The number of esters is 1. The minimum Gasteiger partial charge on any atom is -0.465 e. The van der Waals surface area contributed by atoms with E-state index in [0.717, 1.165) is 0 Å². The van der Waals surface area contributed by atoms with Crippen LogP contribution in [0.2, 0.25) is 0 Å². The highest BCUT2D eigenvalue weighted by Crippen LogP contribution is 2.31. The summed E-state index contributed by atoms with van der Waals surface area (Å²) in [6, 6.07) is 11.9. The molecule has 1 N–H and O–H groups in total. The third kappa shape index (κ3) is 5.04. The van der Waals surface area contributed by atoms with Gasteiger partial charge in [-0.2, -0.15) is 0 Å². The van der Waals surface area contributed by atoms with Gasteiger partial charge in [-0.1, -0.05) is 11.8 Å². The van der Waals surface area contributed by atoms with Crippen LogP contribution < -0.4 is 5.32 Å². The van der Waals surface area contributed by atoms with Crippen LogP contribution in [-0.4, -0.2) is 46.8 Å². The van der Waals surface area contributed by atoms with Crippen molar-refractivity contribution < 1.29 is 23.5 Å². The van der Waals surface area contributed by atoms with Crippen LogP contribution in [0.3, 0.4) is 0 Å². The number of aliphatic imine (C=N–C) groups is 1. The van der Waals surface area contributed by atoms with Crippen molar-refractivity contribution in [2.24, 2.45) is 4.99 Å². The van der Waals surface area contributed by atoms with Crippen molar-refractivity contribution in [2.45, 2.75) is 18.6 Å². The lowest BCUT2D eigenvalue weighted by molar-refractivity contribution is -0.128. The number of amidine groups is 1. The number of halogens is 1. The predicted molar refractivity (Wildman–Crippen MR) is 113 cm³/mol. The Balaban J connectivity index is 1.69. The molecular weight excluding hydrogens is 409 g/mol. The van der Waals surface area contributed by atoms with Crippen molar-refractivity contribution >= 4 is 46.1 Å². The van der Waals surface area contributed by atoms with Crippen molar-refractivity contribution in [3.63, 3.8) is 0 Å². The second-order valence-electron chi connectivity index (χ2n) is 6.38. The first kappa shape index (κ1) is 21.5. The molecule has 2 aromatic carbocycles. The second-order valence-corrected chi connectivity index (χ2v) is 7.55. The molecule has 0 saturated carbocycles. The third-order valence-electron chi connectivity index (χ3n) is 4.35. The van der Waals surface area contributed by atoms with Gasteiger partial charge in [0.1, 0.15) is 11.1 Å². The van der Waals surface area contributed by atoms with Gasteiger partial charge in [0.25, 0.3) is 0 Å². The first-order valence-electron chi connectivity index (χ1n) is 9.21. The topological polar surface area (TPSA) is 88.1 Å². The Hall–Kier alpha value is -3.20. The third-order valence-corrected chi connectivity index (χ3v) is 5.52. The fourth-order valence-electron chi connectivity index (χ4n) is 2.83. The van der Waals surface area contributed by atoms with Gasteiger partial charge < -0.3 is 10.1 Å². The lowest BCUT2D eigenvalue weighted by Gasteiger charge is -2.13. The average molecular weight is 429 g/mol. The molecule has 0 bridgehead atoms. The van der Waals surface area contributed by atoms with Gasteiger partial charge in [-0.05, 0) is 55.5 Å². The molecule has 0 aromatic heterocycles. The van der Waals surface area contributed by atoms with Crippen LogP contribution in [0, 0.1) is 5.82 Å². The predicted octanol–water partition coefficient (Wildman–Crippen LogP) is 3.59. The summed E-state index contributed by atoms with van der Waals surface area (Å²) >= 11 is 1.22. The van der Waals surface area contributed by atoms with Crippen molar-refractivity contribution in [1.82, 2.24) is 4.90 Å². The quantitative estimate of drug-likeness (QED) is 0.709. The first-order chi connectivity index (χ1) is 14.4. The second kappa shape index (κ2) is 9.53. The Labute approximate surface area is 177 Å². The molecule has 156 valence electrons. The number of nitrogens with zero attached hydrogens (tertiary/aromatic N) is 2. The number of hydrogen-bond donors (Lipinski definition) is 1. The summed E-state index contributed by atoms with van der Waals surface area (Å²) < 4.78 is 17.7. The number of rotatable bonds is 6. The zero-order chi connectivity index (χ0) is 21.7. The minimum atomic E-state index is -0.599. The van der Waals surface area contributed by atoms with Gasteiger partial charge in [0.2, 0.25) is 11.8 Å². The molecule has 30 heavy (non-hydrogen) atoms. The summed E-state index contributed by atoms with van der Waals surface area (Å²) in [5.41, 5.74) is 1.44. The summed E-state index contributed by atoms with van der Waals surface area (Å²) in [5.74, 6) is -1.37. The molecule has 1 saturated heterocycles. The van der Waals surface area contributed by atoms with E-state index in [2.05, 4.69) is 15.0 Å². The molecule has 1 atom stereocenters. The van der Waals surface area contributed by atoms with Crippen LogP contribution in [0.1, 0.15) is 23.7 Å². The lowest BCUT2D eigenvalue weighted by atomic mass is 10.2. The van der Waals surface area contributed by atoms with Crippen LogP contribution in [0.5, 0.6) is 0 Å². The van der Waals surface area contributed by atoms with Gasteiger partial charge in [0.05, 0.1) is 18.4 Å². The monoisotopic (exact) mass is 429 g/mol. The molecule has 2 aromatic rings. The van der Waals surface area contributed by atoms with Crippen LogP contribution in [0.15, 0.2) is 53.5 Å². The van der Waals surface area contributed by atoms with Gasteiger partial charge in [0, 0.05) is 18.7 Å². The van der Waals surface area contributed by atoms with Crippen molar-refractivity contribution in [2.75, 3.05) is 19.0 Å². The van der Waals surface area contributed by atoms with Crippen LogP contribution in [-0.2, 0) is 14.3 Å². The number of benzene rings is 2. The molecule has 1 heterocycles. The van der Waals surface area contributed by atoms with E-state index in [0.29, 0.717) is 28.7 Å². The highest BCUT2D eigenvalue weighted by atomic mass is 32.2. The number of carbonyl (C=O) groups is 3. The molecule has 0 spiro atoms. The van der Waals surface area contributed by atoms with Gasteiger partial charge in [-0.25, -0.2) is 14.2 Å².